The largest absolute Gasteiger partial charge is 0.375 e. The number of nitrogens with zero attached hydrogens (tertiary/aromatic N) is 2. The Morgan fingerprint density at radius 1 is 1.41 bits per heavy atom. The maximum absolute atomic E-state index is 12.5. The summed E-state index contributed by atoms with van der Waals surface area (Å²) < 4.78 is 23.5. The van der Waals surface area contributed by atoms with E-state index >= 15 is 0 Å². The molecule has 2 unspecified atom stereocenters. The smallest absolute Gasteiger partial charge is 0.322 e. The summed E-state index contributed by atoms with van der Waals surface area (Å²) in [6.07, 6.45) is 0.547. The van der Waals surface area contributed by atoms with E-state index in [0.29, 0.717) is 17.1 Å². The Balaban J connectivity index is 1.78. The number of anilines is 2. The van der Waals surface area contributed by atoms with Crippen LogP contribution in [0.1, 0.15) is 6.42 Å². The molecule has 0 spiro atoms. The highest BCUT2D eigenvalue weighted by Gasteiger charge is 2.50. The first-order valence-electron chi connectivity index (χ1n) is 7.04. The topological polar surface area (TPSA) is 69.7 Å². The van der Waals surface area contributed by atoms with Gasteiger partial charge in [0.15, 0.2) is 9.84 Å². The van der Waals surface area contributed by atoms with Crippen LogP contribution in [-0.2, 0) is 9.84 Å². The van der Waals surface area contributed by atoms with Crippen molar-refractivity contribution in [1.82, 2.24) is 4.90 Å². The summed E-state index contributed by atoms with van der Waals surface area (Å²) in [6, 6.07) is 4.83. The van der Waals surface area contributed by atoms with Gasteiger partial charge in [-0.1, -0.05) is 17.7 Å². The van der Waals surface area contributed by atoms with E-state index in [1.54, 1.807) is 23.1 Å². The van der Waals surface area contributed by atoms with E-state index in [1.165, 1.54) is 0 Å². The number of sulfone groups is 1. The van der Waals surface area contributed by atoms with Gasteiger partial charge in [0.2, 0.25) is 0 Å². The van der Waals surface area contributed by atoms with Gasteiger partial charge < -0.3 is 15.1 Å². The zero-order valence-corrected chi connectivity index (χ0v) is 14.0. The van der Waals surface area contributed by atoms with Crippen LogP contribution in [0, 0.1) is 0 Å². The van der Waals surface area contributed by atoms with Crippen molar-refractivity contribution in [2.45, 2.75) is 17.7 Å². The van der Waals surface area contributed by atoms with Gasteiger partial charge in [0, 0.05) is 26.7 Å². The van der Waals surface area contributed by atoms with Gasteiger partial charge in [-0.05, 0) is 18.6 Å². The molecule has 22 heavy (non-hydrogen) atoms. The summed E-state index contributed by atoms with van der Waals surface area (Å²) in [7, 11) is 0.691. The maximum atomic E-state index is 12.5. The van der Waals surface area contributed by atoms with E-state index in [2.05, 4.69) is 5.32 Å². The molecule has 0 aromatic heterocycles. The molecule has 2 fully saturated rings. The molecule has 2 heterocycles. The number of benzene rings is 1. The molecule has 1 aromatic rings. The first-order chi connectivity index (χ1) is 10.3. The molecule has 1 N–H and O–H groups in total. The number of urea groups is 1. The molecular weight excluding hydrogens is 326 g/mol. The van der Waals surface area contributed by atoms with Crippen molar-refractivity contribution < 1.29 is 13.2 Å². The Morgan fingerprint density at radius 3 is 2.68 bits per heavy atom. The minimum Gasteiger partial charge on any atom is -0.375 e. The lowest BCUT2D eigenvalue weighted by atomic mass is 10.2. The molecule has 8 heteroatoms. The number of rotatable bonds is 2. The van der Waals surface area contributed by atoms with E-state index in [9.17, 15) is 13.2 Å². The van der Waals surface area contributed by atoms with E-state index in [1.807, 2.05) is 19.0 Å². The Morgan fingerprint density at radius 2 is 2.14 bits per heavy atom. The minimum atomic E-state index is -3.01. The summed E-state index contributed by atoms with van der Waals surface area (Å²) in [5.41, 5.74) is 1.35. The first kappa shape index (κ1) is 15.4. The van der Waals surface area contributed by atoms with E-state index in [4.69, 9.17) is 11.6 Å². The summed E-state index contributed by atoms with van der Waals surface area (Å²) in [4.78, 5) is 15.9. The average Bonchev–Trinajstić information content (AvgIpc) is 2.93. The third kappa shape index (κ3) is 2.52. The third-order valence-corrected chi connectivity index (χ3v) is 6.76. The molecule has 0 saturated carbocycles. The van der Waals surface area contributed by atoms with Gasteiger partial charge in [0.1, 0.15) is 0 Å². The second kappa shape index (κ2) is 5.31. The highest BCUT2D eigenvalue weighted by atomic mass is 35.5. The molecule has 2 amide bonds. The lowest BCUT2D eigenvalue weighted by Gasteiger charge is -2.28. The predicted molar refractivity (Wildman–Crippen MR) is 87.5 cm³/mol. The van der Waals surface area contributed by atoms with Gasteiger partial charge in [0.05, 0.1) is 27.4 Å². The average molecular weight is 344 g/mol. The van der Waals surface area contributed by atoms with Gasteiger partial charge in [-0.25, -0.2) is 13.2 Å². The number of carbonyl (C=O) groups excluding carboxylic acids is 1. The molecule has 1 aromatic carbocycles. The molecule has 120 valence electrons. The number of para-hydroxylation sites is 1. The van der Waals surface area contributed by atoms with Crippen LogP contribution in [0.4, 0.5) is 16.2 Å². The molecule has 2 aliphatic heterocycles. The zero-order valence-electron chi connectivity index (χ0n) is 12.4. The van der Waals surface area contributed by atoms with Gasteiger partial charge in [0.25, 0.3) is 0 Å². The molecule has 2 aliphatic rings. The molecule has 0 aliphatic carbocycles. The molecule has 6 nitrogen and oxygen atoms in total. The zero-order chi connectivity index (χ0) is 16.1. The van der Waals surface area contributed by atoms with Crippen molar-refractivity contribution in [1.29, 1.82) is 0 Å². The van der Waals surface area contributed by atoms with Crippen molar-refractivity contribution >= 4 is 38.8 Å². The number of nitrogens with one attached hydrogen (secondary N) is 1. The summed E-state index contributed by atoms with van der Waals surface area (Å²) in [5, 5.41) is 3.00. The summed E-state index contributed by atoms with van der Waals surface area (Å²) in [6.45, 7) is 0.275. The van der Waals surface area contributed by atoms with Crippen LogP contribution in [0.5, 0.6) is 0 Å². The Hall–Kier alpha value is -1.47. The monoisotopic (exact) mass is 343 g/mol. The number of halogens is 1. The lowest BCUT2D eigenvalue weighted by molar-refractivity contribution is 0.209. The third-order valence-electron chi connectivity index (χ3n) is 4.25. The molecule has 3 rings (SSSR count). The minimum absolute atomic E-state index is 0.0706. The first-order valence-corrected chi connectivity index (χ1v) is 9.14. The van der Waals surface area contributed by atoms with Crippen molar-refractivity contribution in [3.05, 3.63) is 23.2 Å². The van der Waals surface area contributed by atoms with Crippen molar-refractivity contribution in [2.75, 3.05) is 36.6 Å². The Kier molecular flexibility index (Phi) is 3.72. The van der Waals surface area contributed by atoms with Gasteiger partial charge in [-0.2, -0.15) is 0 Å². The highest BCUT2D eigenvalue weighted by molar-refractivity contribution is 7.92. The number of amides is 2. The van der Waals surface area contributed by atoms with Crippen LogP contribution >= 0.6 is 11.6 Å². The van der Waals surface area contributed by atoms with Gasteiger partial charge in [-0.15, -0.1) is 0 Å². The van der Waals surface area contributed by atoms with Gasteiger partial charge >= 0.3 is 6.03 Å². The van der Waals surface area contributed by atoms with E-state index in [-0.39, 0.29) is 24.4 Å². The van der Waals surface area contributed by atoms with Crippen LogP contribution in [-0.4, -0.2) is 57.0 Å². The molecule has 0 radical (unpaired) electrons. The molecular formula is C14H18ClN3O3S. The summed E-state index contributed by atoms with van der Waals surface area (Å²) in [5.74, 6) is 0.0706. The predicted octanol–water partition coefficient (Wildman–Crippen LogP) is 1.81. The van der Waals surface area contributed by atoms with Crippen LogP contribution in [0.2, 0.25) is 5.02 Å². The standard InChI is InChI=1S/C14H18ClN3O3S/c1-17(2)13-11(15)4-3-5-12(13)16-14(19)18-7-10-6-9(18)8-22(10,20)21/h3-5,9-10H,6-8H2,1-2H3,(H,16,19). The van der Waals surface area contributed by atoms with Crippen molar-refractivity contribution in [3.8, 4) is 0 Å². The number of carbonyl (C=O) groups is 1. The van der Waals surface area contributed by atoms with E-state index in [0.717, 1.165) is 5.69 Å². The number of likely N-dealkylation sites (tertiary alicyclic amines) is 1. The molecule has 2 saturated heterocycles. The Labute approximate surface area is 134 Å². The summed E-state index contributed by atoms with van der Waals surface area (Å²) >= 11 is 6.18. The van der Waals surface area contributed by atoms with Crippen LogP contribution in [0.3, 0.4) is 0 Å². The fourth-order valence-electron chi connectivity index (χ4n) is 3.20. The van der Waals surface area contributed by atoms with E-state index < -0.39 is 15.1 Å². The Bertz CT molecular complexity index is 720. The number of hydrogen-bond donors (Lipinski definition) is 1. The van der Waals surface area contributed by atoms with Gasteiger partial charge in [-0.3, -0.25) is 0 Å². The SMILES string of the molecule is CN(C)c1c(Cl)cccc1NC(=O)N1CC2CC1CS2(=O)=O. The van der Waals surface area contributed by atoms with Crippen molar-refractivity contribution in [2.24, 2.45) is 0 Å². The fraction of sp³-hybridized carbons (Fsp3) is 0.500. The molecule has 2 atom stereocenters. The fourth-order valence-corrected chi connectivity index (χ4v) is 5.57. The second-order valence-electron chi connectivity index (χ2n) is 5.95. The van der Waals surface area contributed by atoms with Crippen molar-refractivity contribution in [3.63, 3.8) is 0 Å². The number of hydrogen-bond acceptors (Lipinski definition) is 4. The normalized spacial score (nSPS) is 25.3. The highest BCUT2D eigenvalue weighted by Crippen LogP contribution is 2.35. The second-order valence-corrected chi connectivity index (χ2v) is 8.69. The lowest BCUT2D eigenvalue weighted by Crippen LogP contribution is -2.46. The number of fused-ring (bicyclic) bond motifs is 2. The quantitative estimate of drug-likeness (QED) is 0.889. The van der Waals surface area contributed by atoms with Crippen LogP contribution < -0.4 is 10.2 Å². The van der Waals surface area contributed by atoms with Crippen LogP contribution in [0.25, 0.3) is 0 Å². The van der Waals surface area contributed by atoms with Crippen LogP contribution in [0.15, 0.2) is 18.2 Å². The molecule has 2 bridgehead atoms. The maximum Gasteiger partial charge on any atom is 0.322 e.